The fourth-order valence-electron chi connectivity index (χ4n) is 4.28. The Balaban J connectivity index is 1.36. The molecule has 0 fully saturated rings. The van der Waals surface area contributed by atoms with E-state index in [9.17, 15) is 28.5 Å². The van der Waals surface area contributed by atoms with Crippen LogP contribution in [-0.4, -0.2) is 92.4 Å². The van der Waals surface area contributed by atoms with Gasteiger partial charge in [0.25, 0.3) is 5.91 Å². The maximum absolute atomic E-state index is 13.2. The van der Waals surface area contributed by atoms with Gasteiger partial charge in [0, 0.05) is 76.9 Å². The van der Waals surface area contributed by atoms with Crippen LogP contribution in [-0.2, 0) is 16.0 Å². The van der Waals surface area contributed by atoms with Gasteiger partial charge in [-0.1, -0.05) is 0 Å². The summed E-state index contributed by atoms with van der Waals surface area (Å²) >= 11 is 4.41. The summed E-state index contributed by atoms with van der Waals surface area (Å²) in [5.74, 6) is -0.331. The predicted octanol–water partition coefficient (Wildman–Crippen LogP) is 3.67. The molecule has 0 saturated carbocycles. The van der Waals surface area contributed by atoms with Crippen molar-refractivity contribution in [2.24, 2.45) is 5.73 Å². The fourth-order valence-corrected chi connectivity index (χ4v) is 5.52. The zero-order chi connectivity index (χ0) is 33.5. The molecule has 0 aliphatic carbocycles. The van der Waals surface area contributed by atoms with Crippen molar-refractivity contribution in [3.05, 3.63) is 85.2 Å². The molecule has 4 rings (SSSR count). The number of nitrogens with one attached hydrogen (secondary N) is 1. The second-order valence-corrected chi connectivity index (χ2v) is 12.1. The van der Waals surface area contributed by atoms with Gasteiger partial charge in [0.2, 0.25) is 5.91 Å². The molecule has 16 heteroatoms. The van der Waals surface area contributed by atoms with Crippen LogP contribution in [0.25, 0.3) is 0 Å². The maximum Gasteiger partial charge on any atom is 0.332 e. The summed E-state index contributed by atoms with van der Waals surface area (Å²) in [4.78, 5) is 67.3. The number of primary amides is 1. The Morgan fingerprint density at radius 1 is 0.804 bits per heavy atom. The SMILES string of the molecule is CN(CCC(N)=O)C(=O)n1ccc(N(C)C(=O)n2ccc(N(C)C(=O)n3ccc(NC(=O)c4ccc([S+]([O-])CCCl)cc4)c3)c2)c1. The number of halogens is 1. The van der Waals surface area contributed by atoms with Gasteiger partial charge in [0.1, 0.15) is 5.75 Å². The molecule has 3 N–H and O–H groups in total. The van der Waals surface area contributed by atoms with Crippen LogP contribution >= 0.6 is 11.6 Å². The summed E-state index contributed by atoms with van der Waals surface area (Å²) < 4.78 is 16.0. The number of carbonyl (C=O) groups excluding carboxylic acids is 5. The molecule has 14 nitrogen and oxygen atoms in total. The summed E-state index contributed by atoms with van der Waals surface area (Å²) in [6, 6.07) is 9.86. The maximum atomic E-state index is 13.2. The Bertz CT molecular complexity index is 1730. The lowest BCUT2D eigenvalue weighted by molar-refractivity contribution is -0.118. The number of rotatable bonds is 10. The molecular weight excluding hydrogens is 636 g/mol. The molecule has 3 heterocycles. The summed E-state index contributed by atoms with van der Waals surface area (Å²) in [5.41, 5.74) is 6.78. The molecule has 0 aliphatic rings. The Morgan fingerprint density at radius 2 is 1.33 bits per heavy atom. The lowest BCUT2D eigenvalue weighted by atomic mass is 10.2. The highest BCUT2D eigenvalue weighted by Crippen LogP contribution is 2.20. The van der Waals surface area contributed by atoms with Gasteiger partial charge in [-0.25, -0.2) is 14.4 Å². The van der Waals surface area contributed by atoms with Crippen LogP contribution in [0.3, 0.4) is 0 Å². The quantitative estimate of drug-likeness (QED) is 0.193. The highest BCUT2D eigenvalue weighted by molar-refractivity contribution is 7.91. The van der Waals surface area contributed by atoms with E-state index in [1.54, 1.807) is 63.6 Å². The molecule has 0 spiro atoms. The minimum absolute atomic E-state index is 0.0284. The van der Waals surface area contributed by atoms with E-state index < -0.39 is 41.1 Å². The van der Waals surface area contributed by atoms with Crippen molar-refractivity contribution in [2.45, 2.75) is 11.3 Å². The molecule has 0 saturated heterocycles. The molecule has 1 aromatic carbocycles. The third-order valence-corrected chi connectivity index (χ3v) is 8.76. The van der Waals surface area contributed by atoms with Gasteiger partial charge in [-0.2, -0.15) is 0 Å². The van der Waals surface area contributed by atoms with E-state index in [1.807, 2.05) is 0 Å². The molecule has 5 amide bonds. The van der Waals surface area contributed by atoms with E-state index in [0.29, 0.717) is 33.3 Å². The Morgan fingerprint density at radius 3 is 1.87 bits per heavy atom. The third-order valence-electron chi connectivity index (χ3n) is 6.98. The average molecular weight is 669 g/mol. The number of amides is 5. The molecule has 0 radical (unpaired) electrons. The number of alkyl halides is 1. The highest BCUT2D eigenvalue weighted by Gasteiger charge is 2.20. The predicted molar refractivity (Wildman–Crippen MR) is 175 cm³/mol. The van der Waals surface area contributed by atoms with Crippen LogP contribution in [0, 0.1) is 0 Å². The number of anilines is 3. The average Bonchev–Trinajstić information content (AvgIpc) is 3.84. The topological polar surface area (TPSA) is 171 Å². The van der Waals surface area contributed by atoms with Gasteiger partial charge in [-0.05, 0) is 53.6 Å². The van der Waals surface area contributed by atoms with Crippen molar-refractivity contribution in [3.8, 4) is 0 Å². The summed E-state index contributed by atoms with van der Waals surface area (Å²) in [6.45, 7) is 0.156. The van der Waals surface area contributed by atoms with Crippen LogP contribution in [0.1, 0.15) is 16.8 Å². The highest BCUT2D eigenvalue weighted by atomic mass is 35.5. The molecule has 0 aliphatic heterocycles. The first kappa shape index (κ1) is 33.9. The van der Waals surface area contributed by atoms with Gasteiger partial charge in [0.05, 0.1) is 22.9 Å². The second kappa shape index (κ2) is 14.9. The van der Waals surface area contributed by atoms with Crippen molar-refractivity contribution < 1.29 is 28.5 Å². The third kappa shape index (κ3) is 7.99. The van der Waals surface area contributed by atoms with E-state index in [1.165, 1.54) is 65.6 Å². The zero-order valence-corrected chi connectivity index (χ0v) is 26.9. The van der Waals surface area contributed by atoms with E-state index >= 15 is 0 Å². The van der Waals surface area contributed by atoms with Crippen LogP contribution < -0.4 is 20.9 Å². The lowest BCUT2D eigenvalue weighted by Gasteiger charge is -2.18. The normalized spacial score (nSPS) is 11.5. The number of hydrogen-bond acceptors (Lipinski definition) is 6. The van der Waals surface area contributed by atoms with E-state index in [0.717, 1.165) is 0 Å². The summed E-state index contributed by atoms with van der Waals surface area (Å²) in [7, 11) is 4.63. The van der Waals surface area contributed by atoms with Crippen molar-refractivity contribution in [3.63, 3.8) is 0 Å². The Hall–Kier alpha value is -4.99. The Kier molecular flexibility index (Phi) is 10.9. The first-order chi connectivity index (χ1) is 21.9. The molecule has 1 atom stereocenters. The fraction of sp³-hybridized carbons (Fsp3) is 0.233. The van der Waals surface area contributed by atoms with Crippen LogP contribution in [0.5, 0.6) is 0 Å². The minimum Gasteiger partial charge on any atom is -0.611 e. The van der Waals surface area contributed by atoms with Gasteiger partial charge >= 0.3 is 18.1 Å². The van der Waals surface area contributed by atoms with E-state index in [4.69, 9.17) is 17.3 Å². The summed E-state index contributed by atoms with van der Waals surface area (Å²) in [6.07, 6.45) is 8.99. The van der Waals surface area contributed by atoms with Crippen molar-refractivity contribution in [1.29, 1.82) is 0 Å². The van der Waals surface area contributed by atoms with Gasteiger partial charge in [0.15, 0.2) is 4.90 Å². The number of benzene rings is 1. The zero-order valence-electron chi connectivity index (χ0n) is 25.3. The first-order valence-electron chi connectivity index (χ1n) is 13.9. The van der Waals surface area contributed by atoms with Gasteiger partial charge in [-0.15, -0.1) is 11.6 Å². The van der Waals surface area contributed by atoms with E-state index in [-0.39, 0.29) is 18.8 Å². The Labute approximate surface area is 273 Å². The second-order valence-electron chi connectivity index (χ2n) is 10.2. The molecule has 46 heavy (non-hydrogen) atoms. The van der Waals surface area contributed by atoms with Crippen molar-refractivity contribution in [1.82, 2.24) is 18.6 Å². The molecule has 3 aromatic heterocycles. The summed E-state index contributed by atoms with van der Waals surface area (Å²) in [5, 5.41) is 2.73. The molecular formula is C30H33ClN8O6S. The number of aromatic nitrogens is 3. The van der Waals surface area contributed by atoms with Gasteiger partial charge < -0.3 is 20.5 Å². The van der Waals surface area contributed by atoms with Crippen LogP contribution in [0.15, 0.2) is 84.5 Å². The largest absolute Gasteiger partial charge is 0.611 e. The van der Waals surface area contributed by atoms with Crippen molar-refractivity contribution >= 4 is 69.7 Å². The minimum atomic E-state index is -1.24. The molecule has 0 bridgehead atoms. The lowest BCUT2D eigenvalue weighted by Crippen LogP contribution is -2.33. The number of nitrogens with two attached hydrogens (primary N) is 1. The molecule has 4 aromatic rings. The number of carbonyl (C=O) groups is 5. The molecule has 1 unspecified atom stereocenters. The smallest absolute Gasteiger partial charge is 0.332 e. The van der Waals surface area contributed by atoms with Crippen molar-refractivity contribution in [2.75, 3.05) is 54.4 Å². The first-order valence-corrected chi connectivity index (χ1v) is 15.7. The number of nitrogens with zero attached hydrogens (tertiary/aromatic N) is 6. The number of hydrogen-bond donors (Lipinski definition) is 2. The monoisotopic (exact) mass is 668 g/mol. The molecule has 242 valence electrons. The standard InChI is InChI=1S/C30H33ClN8O6S/c1-34(13-11-26(32)40)28(42)38-15-9-23(19-38)36(3)30(44)39-16-10-24(20-39)35(2)29(43)37-14-8-22(18-37)33-27(41)21-4-6-25(7-5-21)46(45)17-12-31/h4-10,14-16,18-20H,11-13,17H2,1-3H3,(H2,32,40)(H,33,41). The van der Waals surface area contributed by atoms with E-state index in [2.05, 4.69) is 5.32 Å². The van der Waals surface area contributed by atoms with Crippen LogP contribution in [0.2, 0.25) is 0 Å². The van der Waals surface area contributed by atoms with Crippen LogP contribution in [0.4, 0.5) is 31.4 Å². The van der Waals surface area contributed by atoms with Gasteiger partial charge in [-0.3, -0.25) is 33.1 Å².